The van der Waals surface area contributed by atoms with Crippen LogP contribution >= 0.6 is 0 Å². The number of aryl methyl sites for hydroxylation is 1. The maximum atomic E-state index is 10.6. The second kappa shape index (κ2) is 8.28. The summed E-state index contributed by atoms with van der Waals surface area (Å²) in [5.74, 6) is 0.332. The number of rotatable bonds is 7. The van der Waals surface area contributed by atoms with Gasteiger partial charge in [-0.3, -0.25) is 0 Å². The first-order chi connectivity index (χ1) is 9.95. The highest BCUT2D eigenvalue weighted by atomic mass is 16.5. The number of carbonyl (C=O) groups excluding carboxylic acids is 1. The van der Waals surface area contributed by atoms with Crippen molar-refractivity contribution < 1.29 is 19.6 Å². The van der Waals surface area contributed by atoms with Gasteiger partial charge in [0.05, 0.1) is 12.8 Å². The van der Waals surface area contributed by atoms with E-state index in [0.717, 1.165) is 18.4 Å². The summed E-state index contributed by atoms with van der Waals surface area (Å²) < 4.78 is 5.63. The molecule has 0 bridgehead atoms. The van der Waals surface area contributed by atoms with Crippen LogP contribution < -0.4 is 21.4 Å². The zero-order valence-electron chi connectivity index (χ0n) is 12.2. The Hall–Kier alpha value is -2.06. The fourth-order valence-corrected chi connectivity index (χ4v) is 1.77. The number of hydrogen-bond donors (Lipinski definition) is 4. The Bertz CT molecular complexity index is 520. The first kappa shape index (κ1) is 17.0. The van der Waals surface area contributed by atoms with Crippen molar-refractivity contribution in [2.24, 2.45) is 10.8 Å². The molecular weight excluding hydrogens is 273 g/mol. The van der Waals surface area contributed by atoms with Crippen molar-refractivity contribution in [1.29, 1.82) is 0 Å². The maximum absolute atomic E-state index is 10.6. The second-order valence-corrected chi connectivity index (χ2v) is 4.58. The lowest BCUT2D eigenvalue weighted by molar-refractivity contribution is 0.249. The van der Waals surface area contributed by atoms with Gasteiger partial charge in [0.1, 0.15) is 5.75 Å². The SMILES string of the molecule is CCCCOc1c(C=NNC(N)=O)cc(C)cc1B(O)O. The first-order valence-electron chi connectivity index (χ1n) is 6.67. The molecule has 8 heteroatoms. The average Bonchev–Trinajstić information content (AvgIpc) is 2.40. The van der Waals surface area contributed by atoms with Crippen LogP contribution in [0.1, 0.15) is 30.9 Å². The molecule has 0 heterocycles. The van der Waals surface area contributed by atoms with Crippen LogP contribution in [0.4, 0.5) is 4.79 Å². The largest absolute Gasteiger partial charge is 0.493 e. The topological polar surface area (TPSA) is 117 Å². The molecule has 0 unspecified atom stereocenters. The summed E-state index contributed by atoms with van der Waals surface area (Å²) in [6, 6.07) is 2.61. The van der Waals surface area contributed by atoms with E-state index in [9.17, 15) is 14.8 Å². The van der Waals surface area contributed by atoms with E-state index >= 15 is 0 Å². The monoisotopic (exact) mass is 293 g/mol. The number of nitrogens with zero attached hydrogens (tertiary/aromatic N) is 1. The van der Waals surface area contributed by atoms with Crippen LogP contribution in [0.15, 0.2) is 17.2 Å². The molecule has 2 amide bonds. The van der Waals surface area contributed by atoms with Crippen LogP contribution in [0.5, 0.6) is 5.75 Å². The van der Waals surface area contributed by atoms with E-state index < -0.39 is 13.1 Å². The van der Waals surface area contributed by atoms with Crippen LogP contribution in [0, 0.1) is 6.92 Å². The molecule has 0 saturated carbocycles. The minimum Gasteiger partial charge on any atom is -0.493 e. The summed E-state index contributed by atoms with van der Waals surface area (Å²) in [5.41, 5.74) is 8.60. The maximum Gasteiger partial charge on any atom is 0.492 e. The molecule has 21 heavy (non-hydrogen) atoms. The Morgan fingerprint density at radius 1 is 1.52 bits per heavy atom. The standard InChI is InChI=1S/C13H20BN3O4/c1-3-4-5-21-12-10(8-16-17-13(15)18)6-9(2)7-11(12)14(19)20/h6-8,19-20H,3-5H2,1-2H3,(H3,15,17,18). The molecular formula is C13H20BN3O4. The molecule has 0 radical (unpaired) electrons. The van der Waals surface area contributed by atoms with Gasteiger partial charge in [-0.1, -0.05) is 25.0 Å². The van der Waals surface area contributed by atoms with E-state index in [1.165, 1.54) is 6.21 Å². The van der Waals surface area contributed by atoms with Crippen molar-refractivity contribution in [1.82, 2.24) is 5.43 Å². The number of ether oxygens (including phenoxy) is 1. The molecule has 1 rings (SSSR count). The molecule has 0 saturated heterocycles. The highest BCUT2D eigenvalue weighted by Crippen LogP contribution is 2.17. The number of urea groups is 1. The molecule has 0 aliphatic carbocycles. The molecule has 114 valence electrons. The molecule has 0 spiro atoms. The molecule has 1 aromatic rings. The van der Waals surface area contributed by atoms with Gasteiger partial charge in [-0.05, 0) is 19.4 Å². The number of primary amides is 1. The number of hydrazone groups is 1. The van der Waals surface area contributed by atoms with Gasteiger partial charge in [-0.25, -0.2) is 10.2 Å². The van der Waals surface area contributed by atoms with E-state index in [1.807, 2.05) is 6.92 Å². The molecule has 0 atom stereocenters. The molecule has 5 N–H and O–H groups in total. The highest BCUT2D eigenvalue weighted by molar-refractivity contribution is 6.60. The molecule has 1 aromatic carbocycles. The quantitative estimate of drug-likeness (QED) is 0.242. The molecule has 7 nitrogen and oxygen atoms in total. The van der Waals surface area contributed by atoms with Gasteiger partial charge < -0.3 is 20.5 Å². The van der Waals surface area contributed by atoms with Gasteiger partial charge in [-0.15, -0.1) is 0 Å². The Balaban J connectivity index is 3.12. The average molecular weight is 293 g/mol. The third kappa shape index (κ3) is 5.45. The smallest absolute Gasteiger partial charge is 0.492 e. The second-order valence-electron chi connectivity index (χ2n) is 4.58. The van der Waals surface area contributed by atoms with Crippen LogP contribution in [0.25, 0.3) is 0 Å². The summed E-state index contributed by atoms with van der Waals surface area (Å²) in [7, 11) is -1.65. The predicted octanol–water partition coefficient (Wildman–Crippen LogP) is -0.144. The zero-order valence-corrected chi connectivity index (χ0v) is 12.2. The number of nitrogens with two attached hydrogens (primary N) is 1. The van der Waals surface area contributed by atoms with E-state index in [2.05, 4.69) is 10.5 Å². The number of nitrogens with one attached hydrogen (secondary N) is 1. The summed E-state index contributed by atoms with van der Waals surface area (Å²) in [5, 5.41) is 22.6. The van der Waals surface area contributed by atoms with Gasteiger partial charge in [0, 0.05) is 11.0 Å². The van der Waals surface area contributed by atoms with E-state index in [-0.39, 0.29) is 5.46 Å². The van der Waals surface area contributed by atoms with Crippen molar-refractivity contribution in [2.45, 2.75) is 26.7 Å². The Morgan fingerprint density at radius 2 is 2.24 bits per heavy atom. The van der Waals surface area contributed by atoms with Crippen molar-refractivity contribution >= 4 is 24.8 Å². The lowest BCUT2D eigenvalue weighted by Crippen LogP contribution is -2.33. The molecule has 0 aliphatic rings. The predicted molar refractivity (Wildman–Crippen MR) is 81.7 cm³/mol. The Labute approximate surface area is 123 Å². The van der Waals surface area contributed by atoms with Crippen LogP contribution in [0.2, 0.25) is 0 Å². The lowest BCUT2D eigenvalue weighted by Gasteiger charge is -2.15. The van der Waals surface area contributed by atoms with Crippen molar-refractivity contribution in [2.75, 3.05) is 6.61 Å². The van der Waals surface area contributed by atoms with Crippen molar-refractivity contribution in [3.63, 3.8) is 0 Å². The fourth-order valence-electron chi connectivity index (χ4n) is 1.77. The normalized spacial score (nSPS) is 10.7. The number of unbranched alkanes of at least 4 members (excludes halogenated alkanes) is 1. The van der Waals surface area contributed by atoms with Crippen molar-refractivity contribution in [3.8, 4) is 5.75 Å². The zero-order chi connectivity index (χ0) is 15.8. The third-order valence-corrected chi connectivity index (χ3v) is 2.69. The van der Waals surface area contributed by atoms with Gasteiger partial charge in [0.15, 0.2) is 0 Å². The van der Waals surface area contributed by atoms with Gasteiger partial charge in [0.2, 0.25) is 0 Å². The summed E-state index contributed by atoms with van der Waals surface area (Å²) in [6.45, 7) is 4.28. The van der Waals surface area contributed by atoms with Crippen molar-refractivity contribution in [3.05, 3.63) is 23.3 Å². The first-order valence-corrected chi connectivity index (χ1v) is 6.67. The minimum absolute atomic E-state index is 0.256. The Kier molecular flexibility index (Phi) is 6.70. The highest BCUT2D eigenvalue weighted by Gasteiger charge is 2.20. The minimum atomic E-state index is -1.65. The number of amides is 2. The Morgan fingerprint density at radius 3 is 2.81 bits per heavy atom. The number of hydrogen-bond acceptors (Lipinski definition) is 5. The van der Waals surface area contributed by atoms with Crippen LogP contribution in [0.3, 0.4) is 0 Å². The van der Waals surface area contributed by atoms with Crippen LogP contribution in [-0.2, 0) is 0 Å². The summed E-state index contributed by atoms with van der Waals surface area (Å²) in [4.78, 5) is 10.6. The number of benzene rings is 1. The third-order valence-electron chi connectivity index (χ3n) is 2.69. The van der Waals surface area contributed by atoms with E-state index in [1.54, 1.807) is 19.1 Å². The van der Waals surface area contributed by atoms with E-state index in [4.69, 9.17) is 10.5 Å². The molecule has 0 fully saturated rings. The van der Waals surface area contributed by atoms with Gasteiger partial charge in [-0.2, -0.15) is 5.10 Å². The summed E-state index contributed by atoms with van der Waals surface area (Å²) >= 11 is 0. The fraction of sp³-hybridized carbons (Fsp3) is 0.385. The molecule has 0 aliphatic heterocycles. The molecule has 0 aromatic heterocycles. The van der Waals surface area contributed by atoms with E-state index in [0.29, 0.717) is 17.9 Å². The lowest BCUT2D eigenvalue weighted by atomic mass is 9.77. The van der Waals surface area contributed by atoms with Gasteiger partial charge >= 0.3 is 13.1 Å². The van der Waals surface area contributed by atoms with Gasteiger partial charge in [0.25, 0.3) is 0 Å². The summed E-state index contributed by atoms with van der Waals surface area (Å²) in [6.07, 6.45) is 3.14. The van der Waals surface area contributed by atoms with Crippen LogP contribution in [-0.4, -0.2) is 36.0 Å². The number of carbonyl (C=O) groups is 1.